The van der Waals surface area contributed by atoms with Crippen molar-refractivity contribution < 1.29 is 9.90 Å². The number of aromatic hydroxyl groups is 1. The molecule has 4 rings (SSSR count). The summed E-state index contributed by atoms with van der Waals surface area (Å²) < 4.78 is 0. The molecule has 4 aromatic rings. The Morgan fingerprint density at radius 2 is 1.43 bits per heavy atom. The number of phenolic OH excluding ortho intramolecular Hbond substituents is 1. The number of carbonyl (C=O) groups excluding carboxylic acids is 1. The highest BCUT2D eigenvalue weighted by atomic mass is 16.3. The summed E-state index contributed by atoms with van der Waals surface area (Å²) in [6.07, 6.45) is 1.60. The quantitative estimate of drug-likeness (QED) is 0.526. The second-order valence-electron chi connectivity index (χ2n) is 6.26. The third-order valence-electron chi connectivity index (χ3n) is 4.53. The van der Waals surface area contributed by atoms with E-state index in [0.717, 1.165) is 16.5 Å². The largest absolute Gasteiger partial charge is 0.505 e. The summed E-state index contributed by atoms with van der Waals surface area (Å²) in [4.78, 5) is 17.2. The molecule has 4 nitrogen and oxygen atoms in total. The minimum Gasteiger partial charge on any atom is -0.505 e. The predicted molar refractivity (Wildman–Crippen MR) is 112 cm³/mol. The normalized spacial score (nSPS) is 10.5. The van der Waals surface area contributed by atoms with Gasteiger partial charge in [0.25, 0.3) is 5.91 Å². The lowest BCUT2D eigenvalue weighted by Gasteiger charge is -2.20. The Bertz CT molecular complexity index is 1040. The second-order valence-corrected chi connectivity index (χ2v) is 6.26. The molecule has 1 heterocycles. The van der Waals surface area contributed by atoms with Crippen molar-refractivity contribution in [2.45, 2.75) is 13.5 Å². The van der Waals surface area contributed by atoms with Gasteiger partial charge in [-0.25, -0.2) is 0 Å². The number of hydrogen-bond acceptors (Lipinski definition) is 3. The van der Waals surface area contributed by atoms with Crippen molar-refractivity contribution in [2.75, 3.05) is 0 Å². The van der Waals surface area contributed by atoms with Crippen molar-refractivity contribution in [1.82, 2.24) is 10.3 Å². The molecule has 3 aromatic carbocycles. The number of phenols is 1. The number of amides is 1. The van der Waals surface area contributed by atoms with Crippen LogP contribution in [0, 0.1) is 0 Å². The van der Waals surface area contributed by atoms with Crippen LogP contribution in [0.3, 0.4) is 0 Å². The lowest BCUT2D eigenvalue weighted by molar-refractivity contribution is 0.0940. The Morgan fingerprint density at radius 3 is 2.04 bits per heavy atom. The smallest absolute Gasteiger partial charge is 0.255 e. The van der Waals surface area contributed by atoms with Crippen LogP contribution in [-0.2, 0) is 0 Å². The number of pyridine rings is 1. The van der Waals surface area contributed by atoms with Crippen LogP contribution in [0.2, 0.25) is 0 Å². The molecular weight excluding hydrogens is 348 g/mol. The van der Waals surface area contributed by atoms with Crippen molar-refractivity contribution >= 4 is 16.8 Å². The van der Waals surface area contributed by atoms with Gasteiger partial charge in [-0.1, -0.05) is 80.2 Å². The minimum atomic E-state index is -0.349. The van der Waals surface area contributed by atoms with Crippen molar-refractivity contribution in [2.24, 2.45) is 0 Å². The van der Waals surface area contributed by atoms with Gasteiger partial charge in [0.1, 0.15) is 5.52 Å². The number of rotatable bonds is 4. The van der Waals surface area contributed by atoms with E-state index >= 15 is 0 Å². The van der Waals surface area contributed by atoms with Gasteiger partial charge in [0.15, 0.2) is 5.75 Å². The summed E-state index contributed by atoms with van der Waals surface area (Å²) in [6, 6.07) is 26.3. The summed E-state index contributed by atoms with van der Waals surface area (Å²) in [7, 11) is 0. The van der Waals surface area contributed by atoms with E-state index in [1.54, 1.807) is 24.4 Å². The van der Waals surface area contributed by atoms with E-state index < -0.39 is 0 Å². The van der Waals surface area contributed by atoms with Crippen LogP contribution in [0.25, 0.3) is 10.9 Å². The molecule has 0 unspecified atom stereocenters. The van der Waals surface area contributed by atoms with Gasteiger partial charge in [-0.3, -0.25) is 9.78 Å². The Hall–Kier alpha value is -3.66. The van der Waals surface area contributed by atoms with Crippen molar-refractivity contribution in [3.63, 3.8) is 0 Å². The summed E-state index contributed by atoms with van der Waals surface area (Å²) in [5, 5.41) is 14.4. The zero-order chi connectivity index (χ0) is 18.6. The van der Waals surface area contributed by atoms with Gasteiger partial charge >= 0.3 is 0 Å². The van der Waals surface area contributed by atoms with Gasteiger partial charge in [-0.2, -0.15) is 0 Å². The number of carbonyl (C=O) groups is 1. The Morgan fingerprint density at radius 1 is 0.821 bits per heavy atom. The molecule has 0 bridgehead atoms. The number of aromatic nitrogens is 1. The third-order valence-corrected chi connectivity index (χ3v) is 4.53. The first-order valence-electron chi connectivity index (χ1n) is 8.71. The molecule has 0 radical (unpaired) electrons. The number of nitrogens with zero attached hydrogens (tertiary/aromatic N) is 1. The number of hydrogen-bond donors (Lipinski definition) is 2. The van der Waals surface area contributed by atoms with Crippen LogP contribution in [0.1, 0.15) is 35.0 Å². The molecule has 0 fully saturated rings. The Labute approximate surface area is 164 Å². The minimum absolute atomic E-state index is 0. The van der Waals surface area contributed by atoms with Gasteiger partial charge in [-0.05, 0) is 23.3 Å². The molecular formula is C24H22N2O2. The van der Waals surface area contributed by atoms with Crippen LogP contribution in [0.4, 0.5) is 0 Å². The predicted octanol–water partition coefficient (Wildman–Crippen LogP) is 5.10. The van der Waals surface area contributed by atoms with Gasteiger partial charge in [-0.15, -0.1) is 0 Å². The molecule has 0 atom stereocenters. The fourth-order valence-corrected chi connectivity index (χ4v) is 3.17. The van der Waals surface area contributed by atoms with E-state index in [1.165, 1.54) is 0 Å². The lowest BCUT2D eigenvalue weighted by atomic mass is 9.98. The molecule has 28 heavy (non-hydrogen) atoms. The molecule has 4 heteroatoms. The third kappa shape index (κ3) is 3.71. The highest BCUT2D eigenvalue weighted by molar-refractivity contribution is 6.02. The molecule has 1 aromatic heterocycles. The maximum atomic E-state index is 13.0. The van der Waals surface area contributed by atoms with E-state index in [4.69, 9.17) is 0 Å². The van der Waals surface area contributed by atoms with E-state index in [-0.39, 0.29) is 30.7 Å². The second kappa shape index (κ2) is 8.35. The van der Waals surface area contributed by atoms with E-state index in [2.05, 4.69) is 10.3 Å². The topological polar surface area (TPSA) is 62.2 Å². The fourth-order valence-electron chi connectivity index (χ4n) is 3.17. The molecule has 0 saturated carbocycles. The zero-order valence-corrected chi connectivity index (χ0v) is 14.5. The molecule has 140 valence electrons. The zero-order valence-electron chi connectivity index (χ0n) is 14.5. The van der Waals surface area contributed by atoms with E-state index in [0.29, 0.717) is 5.52 Å². The summed E-state index contributed by atoms with van der Waals surface area (Å²) in [6.45, 7) is 0. The average molecular weight is 370 g/mol. The maximum absolute atomic E-state index is 13.0. The first-order chi connectivity index (χ1) is 13.2. The van der Waals surface area contributed by atoms with Crippen LogP contribution in [0.15, 0.2) is 91.1 Å². The molecule has 0 spiro atoms. The lowest BCUT2D eigenvalue weighted by Crippen LogP contribution is -2.29. The SMILES string of the molecule is C.O=C(NC(c1ccccc1)c1ccccc1)c1ccc2cccnc2c1O. The van der Waals surface area contributed by atoms with Crippen molar-refractivity contribution in [3.05, 3.63) is 108 Å². The van der Waals surface area contributed by atoms with Crippen LogP contribution >= 0.6 is 0 Å². The first-order valence-corrected chi connectivity index (χ1v) is 8.71. The summed E-state index contributed by atoms with van der Waals surface area (Å²) >= 11 is 0. The average Bonchev–Trinajstić information content (AvgIpc) is 2.73. The van der Waals surface area contributed by atoms with Crippen LogP contribution in [0.5, 0.6) is 5.75 Å². The Kier molecular flexibility index (Phi) is 5.70. The van der Waals surface area contributed by atoms with Gasteiger partial charge in [0.2, 0.25) is 0 Å². The van der Waals surface area contributed by atoms with E-state index in [9.17, 15) is 9.90 Å². The van der Waals surface area contributed by atoms with Gasteiger partial charge in [0, 0.05) is 11.6 Å². The summed E-state index contributed by atoms with van der Waals surface area (Å²) in [5.41, 5.74) is 2.56. The van der Waals surface area contributed by atoms with Crippen LogP contribution in [-0.4, -0.2) is 16.0 Å². The van der Waals surface area contributed by atoms with Crippen LogP contribution < -0.4 is 5.32 Å². The van der Waals surface area contributed by atoms with Crippen molar-refractivity contribution in [3.8, 4) is 5.75 Å². The molecule has 0 aliphatic heterocycles. The molecule has 1 amide bonds. The van der Waals surface area contributed by atoms with Gasteiger partial charge < -0.3 is 10.4 Å². The highest BCUT2D eigenvalue weighted by Gasteiger charge is 2.20. The number of fused-ring (bicyclic) bond motifs is 1. The molecule has 2 N–H and O–H groups in total. The van der Waals surface area contributed by atoms with E-state index in [1.807, 2.05) is 66.7 Å². The number of nitrogens with one attached hydrogen (secondary N) is 1. The standard InChI is InChI=1S/C23H18N2O2.CH4/c26-22-19(14-13-18-12-7-15-24-21(18)22)23(27)25-20(16-8-3-1-4-9-16)17-10-5-2-6-11-17;/h1-15,20,26H,(H,25,27);1H4. The van der Waals surface area contributed by atoms with Gasteiger partial charge in [0.05, 0.1) is 11.6 Å². The maximum Gasteiger partial charge on any atom is 0.255 e. The summed E-state index contributed by atoms with van der Waals surface area (Å²) in [5.74, 6) is -0.455. The number of benzene rings is 3. The fraction of sp³-hybridized carbons (Fsp3) is 0.0833. The first kappa shape index (κ1) is 19.1. The molecule has 0 saturated heterocycles. The highest BCUT2D eigenvalue weighted by Crippen LogP contribution is 2.28. The molecule has 0 aliphatic carbocycles. The monoisotopic (exact) mass is 370 g/mol. The van der Waals surface area contributed by atoms with Crippen molar-refractivity contribution in [1.29, 1.82) is 0 Å². The molecule has 0 aliphatic rings. The Balaban J connectivity index is 0.00000225.